The van der Waals surface area contributed by atoms with Crippen molar-refractivity contribution in [1.82, 2.24) is 0 Å². The van der Waals surface area contributed by atoms with E-state index in [0.717, 1.165) is 15.6 Å². The predicted octanol–water partition coefficient (Wildman–Crippen LogP) is 5.89. The predicted molar refractivity (Wildman–Crippen MR) is 89.6 cm³/mol. The van der Waals surface area contributed by atoms with E-state index in [9.17, 15) is 4.39 Å². The highest BCUT2D eigenvalue weighted by molar-refractivity contribution is 9.11. The van der Waals surface area contributed by atoms with Crippen LogP contribution in [0.4, 0.5) is 4.39 Å². The maximum atomic E-state index is 14.5. The molecule has 0 amide bonds. The fourth-order valence-electron chi connectivity index (χ4n) is 2.30. The minimum Gasteiger partial charge on any atom is -0.496 e. The van der Waals surface area contributed by atoms with Gasteiger partial charge in [0.1, 0.15) is 11.6 Å². The molecule has 0 radical (unpaired) electrons. The van der Waals surface area contributed by atoms with E-state index in [-0.39, 0.29) is 11.2 Å². The van der Waals surface area contributed by atoms with Crippen molar-refractivity contribution in [1.29, 1.82) is 0 Å². The molecule has 0 bridgehead atoms. The summed E-state index contributed by atoms with van der Waals surface area (Å²) >= 11 is 3.54. The van der Waals surface area contributed by atoms with E-state index < -0.39 is 0 Å². The molecular formula is C18H20BrFO. The van der Waals surface area contributed by atoms with Crippen LogP contribution >= 0.6 is 15.9 Å². The molecule has 0 saturated heterocycles. The standard InChI is InChI=1S/C18H20BrFO/c1-12-5-6-15(20)17(14(19)11-12)13-7-9-18(2,3)10-8-16(13)21-4/h5-10H,11H2,1-4H3. The first-order valence-electron chi connectivity index (χ1n) is 6.93. The maximum absolute atomic E-state index is 14.5. The van der Waals surface area contributed by atoms with Crippen molar-refractivity contribution >= 4 is 15.9 Å². The zero-order chi connectivity index (χ0) is 15.6. The van der Waals surface area contributed by atoms with Gasteiger partial charge in [0.15, 0.2) is 0 Å². The highest BCUT2D eigenvalue weighted by Gasteiger charge is 2.22. The van der Waals surface area contributed by atoms with Gasteiger partial charge in [0.05, 0.1) is 7.11 Å². The normalized spacial score (nSPS) is 21.8. The number of hydrogen-bond acceptors (Lipinski definition) is 1. The van der Waals surface area contributed by atoms with E-state index in [1.807, 2.05) is 25.2 Å². The Labute approximate surface area is 134 Å². The van der Waals surface area contributed by atoms with E-state index in [1.165, 1.54) is 6.08 Å². The fourth-order valence-corrected chi connectivity index (χ4v) is 3.14. The minimum absolute atomic E-state index is 0.0857. The molecule has 0 aliphatic heterocycles. The molecule has 0 unspecified atom stereocenters. The summed E-state index contributed by atoms with van der Waals surface area (Å²) in [6, 6.07) is 0. The molecular weight excluding hydrogens is 331 g/mol. The second-order valence-electron chi connectivity index (χ2n) is 5.95. The average molecular weight is 351 g/mol. The van der Waals surface area contributed by atoms with Gasteiger partial charge < -0.3 is 4.74 Å². The van der Waals surface area contributed by atoms with E-state index in [2.05, 4.69) is 41.9 Å². The van der Waals surface area contributed by atoms with Gasteiger partial charge in [0, 0.05) is 27.5 Å². The largest absolute Gasteiger partial charge is 0.496 e. The number of allylic oxidation sites excluding steroid dienone is 11. The van der Waals surface area contributed by atoms with E-state index >= 15 is 0 Å². The van der Waals surface area contributed by atoms with Crippen LogP contribution in [-0.4, -0.2) is 7.11 Å². The van der Waals surface area contributed by atoms with Crippen molar-refractivity contribution in [3.8, 4) is 0 Å². The van der Waals surface area contributed by atoms with Crippen molar-refractivity contribution < 1.29 is 9.13 Å². The fraction of sp³-hybridized carbons (Fsp3) is 0.333. The van der Waals surface area contributed by atoms with Gasteiger partial charge in [-0.15, -0.1) is 0 Å². The summed E-state index contributed by atoms with van der Waals surface area (Å²) in [5, 5.41) is 0. The van der Waals surface area contributed by atoms with Crippen molar-refractivity contribution in [2.45, 2.75) is 27.2 Å². The molecule has 0 aromatic rings. The van der Waals surface area contributed by atoms with Crippen molar-refractivity contribution in [3.05, 3.63) is 69.2 Å². The maximum Gasteiger partial charge on any atom is 0.131 e. The van der Waals surface area contributed by atoms with Crippen LogP contribution in [0.1, 0.15) is 27.2 Å². The number of rotatable bonds is 2. The molecule has 0 fully saturated rings. The monoisotopic (exact) mass is 350 g/mol. The number of hydrogen-bond donors (Lipinski definition) is 0. The highest BCUT2D eigenvalue weighted by Crippen LogP contribution is 2.38. The van der Waals surface area contributed by atoms with Gasteiger partial charge in [-0.05, 0) is 19.1 Å². The molecule has 3 heteroatoms. The molecule has 1 nitrogen and oxygen atoms in total. The quantitative estimate of drug-likeness (QED) is 0.603. The Bertz CT molecular complexity index is 628. The van der Waals surface area contributed by atoms with Crippen LogP contribution < -0.4 is 0 Å². The van der Waals surface area contributed by atoms with Gasteiger partial charge >= 0.3 is 0 Å². The molecule has 2 aliphatic carbocycles. The van der Waals surface area contributed by atoms with Gasteiger partial charge in [-0.25, -0.2) is 4.39 Å². The molecule has 112 valence electrons. The number of ether oxygens (including phenoxy) is 1. The first kappa shape index (κ1) is 16.0. The van der Waals surface area contributed by atoms with Crippen LogP contribution in [0.2, 0.25) is 0 Å². The van der Waals surface area contributed by atoms with E-state index in [4.69, 9.17) is 4.74 Å². The number of halogens is 2. The van der Waals surface area contributed by atoms with Gasteiger partial charge in [0.2, 0.25) is 0 Å². The molecule has 2 rings (SSSR count). The van der Waals surface area contributed by atoms with Crippen LogP contribution in [0.25, 0.3) is 0 Å². The van der Waals surface area contributed by atoms with Gasteiger partial charge in [-0.1, -0.05) is 59.7 Å². The SMILES string of the molecule is COC1=C(C2=C(Br)CC(C)=CC=C2F)C=CC(C)(C)C=C1. The molecule has 0 atom stereocenters. The van der Waals surface area contributed by atoms with Crippen LogP contribution in [0.15, 0.2) is 69.2 Å². The first-order valence-corrected chi connectivity index (χ1v) is 7.72. The van der Waals surface area contributed by atoms with E-state index in [1.54, 1.807) is 7.11 Å². The average Bonchev–Trinajstić information content (AvgIpc) is 2.63. The molecule has 0 aromatic heterocycles. The Morgan fingerprint density at radius 2 is 1.86 bits per heavy atom. The lowest BCUT2D eigenvalue weighted by molar-refractivity contribution is 0.304. The number of methoxy groups -OCH3 is 1. The Morgan fingerprint density at radius 3 is 2.52 bits per heavy atom. The van der Waals surface area contributed by atoms with Crippen molar-refractivity contribution in [3.63, 3.8) is 0 Å². The van der Waals surface area contributed by atoms with Crippen LogP contribution in [0, 0.1) is 5.41 Å². The lowest BCUT2D eigenvalue weighted by Crippen LogP contribution is -2.01. The molecule has 0 spiro atoms. The Kier molecular flexibility index (Phi) is 4.72. The topological polar surface area (TPSA) is 9.23 Å². The third-order valence-electron chi connectivity index (χ3n) is 3.56. The summed E-state index contributed by atoms with van der Waals surface area (Å²) in [5.74, 6) is 0.424. The summed E-state index contributed by atoms with van der Waals surface area (Å²) in [6.07, 6.45) is 12.0. The van der Waals surface area contributed by atoms with Gasteiger partial charge in [-0.2, -0.15) is 0 Å². The molecule has 2 aliphatic rings. The van der Waals surface area contributed by atoms with E-state index in [0.29, 0.717) is 17.8 Å². The summed E-state index contributed by atoms with van der Waals surface area (Å²) < 4.78 is 20.8. The van der Waals surface area contributed by atoms with Crippen molar-refractivity contribution in [2.24, 2.45) is 5.41 Å². The van der Waals surface area contributed by atoms with Gasteiger partial charge in [0.25, 0.3) is 0 Å². The summed E-state index contributed by atoms with van der Waals surface area (Å²) in [7, 11) is 1.61. The van der Waals surface area contributed by atoms with Crippen molar-refractivity contribution in [2.75, 3.05) is 7.11 Å². The molecule has 0 N–H and O–H groups in total. The molecule has 21 heavy (non-hydrogen) atoms. The van der Waals surface area contributed by atoms with Gasteiger partial charge in [-0.3, -0.25) is 0 Å². The molecule has 0 heterocycles. The van der Waals surface area contributed by atoms with Crippen LogP contribution in [0.3, 0.4) is 0 Å². The highest BCUT2D eigenvalue weighted by atomic mass is 79.9. The smallest absolute Gasteiger partial charge is 0.131 e. The summed E-state index contributed by atoms with van der Waals surface area (Å²) in [5.41, 5.74) is 2.36. The summed E-state index contributed by atoms with van der Waals surface area (Å²) in [4.78, 5) is 0. The third kappa shape index (κ3) is 3.65. The lowest BCUT2D eigenvalue weighted by Gasteiger charge is -2.13. The second-order valence-corrected chi connectivity index (χ2v) is 6.91. The Hall–Kier alpha value is -1.35. The Morgan fingerprint density at radius 1 is 1.19 bits per heavy atom. The summed E-state index contributed by atoms with van der Waals surface area (Å²) in [6.45, 7) is 6.20. The van der Waals surface area contributed by atoms with Crippen LogP contribution in [0.5, 0.6) is 0 Å². The minimum atomic E-state index is -0.249. The first-order chi connectivity index (χ1) is 9.84. The zero-order valence-electron chi connectivity index (χ0n) is 12.8. The Balaban J connectivity index is 2.60. The van der Waals surface area contributed by atoms with Crippen LogP contribution in [-0.2, 0) is 4.74 Å². The zero-order valence-corrected chi connectivity index (χ0v) is 14.4. The second kappa shape index (κ2) is 6.18. The lowest BCUT2D eigenvalue weighted by atomic mass is 9.92. The third-order valence-corrected chi connectivity index (χ3v) is 4.23. The molecule has 0 aromatic carbocycles. The molecule has 0 saturated carbocycles.